The summed E-state index contributed by atoms with van der Waals surface area (Å²) in [5, 5.41) is 19.8. The van der Waals surface area contributed by atoms with Gasteiger partial charge in [0, 0.05) is 5.56 Å². The molecule has 0 radical (unpaired) electrons. The zero-order valence-electron chi connectivity index (χ0n) is 11.5. The van der Waals surface area contributed by atoms with Gasteiger partial charge in [-0.05, 0) is 72.2 Å². The Labute approximate surface area is 117 Å². The number of phenols is 2. The first-order valence-corrected chi connectivity index (χ1v) is 6.67. The van der Waals surface area contributed by atoms with Gasteiger partial charge in [-0.25, -0.2) is 0 Å². The number of benzene rings is 2. The van der Waals surface area contributed by atoms with Crippen LogP contribution in [0.3, 0.4) is 0 Å². The quantitative estimate of drug-likeness (QED) is 0.780. The molecule has 0 fully saturated rings. The Balaban J connectivity index is 2.40. The predicted octanol–water partition coefficient (Wildman–Crippen LogP) is 3.29. The standard InChI is InChI=1S/C17H16O3/c1-9-12-3-4-13-10(2)16(20)7-11(8-18)17(13)14(12)5-6-15(9)19/h5-8,19-20H,3-4H2,1-2H3. The number of carbonyl (C=O) groups is 1. The fourth-order valence-electron chi connectivity index (χ4n) is 3.12. The van der Waals surface area contributed by atoms with Crippen LogP contribution in [0.15, 0.2) is 18.2 Å². The number of hydrogen-bond acceptors (Lipinski definition) is 3. The van der Waals surface area contributed by atoms with Crippen molar-refractivity contribution in [3.8, 4) is 22.6 Å². The molecule has 2 aromatic rings. The van der Waals surface area contributed by atoms with E-state index >= 15 is 0 Å². The van der Waals surface area contributed by atoms with Crippen molar-refractivity contribution in [1.29, 1.82) is 0 Å². The molecule has 0 aliphatic heterocycles. The molecule has 0 spiro atoms. The van der Waals surface area contributed by atoms with Gasteiger partial charge in [-0.1, -0.05) is 6.07 Å². The van der Waals surface area contributed by atoms with E-state index in [-0.39, 0.29) is 11.5 Å². The Kier molecular flexibility index (Phi) is 2.78. The molecule has 20 heavy (non-hydrogen) atoms. The van der Waals surface area contributed by atoms with Gasteiger partial charge in [0.1, 0.15) is 11.5 Å². The van der Waals surface area contributed by atoms with Crippen molar-refractivity contribution in [2.75, 3.05) is 0 Å². The molecule has 3 nitrogen and oxygen atoms in total. The molecule has 0 saturated heterocycles. The molecule has 0 bridgehead atoms. The SMILES string of the molecule is Cc1c(O)ccc2c1CCc1c(C)c(O)cc(C=O)c1-2. The van der Waals surface area contributed by atoms with Crippen LogP contribution >= 0.6 is 0 Å². The molecular formula is C17H16O3. The number of aromatic hydroxyl groups is 2. The van der Waals surface area contributed by atoms with Crippen molar-refractivity contribution >= 4 is 6.29 Å². The zero-order valence-corrected chi connectivity index (χ0v) is 11.5. The summed E-state index contributed by atoms with van der Waals surface area (Å²) in [4.78, 5) is 11.3. The average molecular weight is 268 g/mol. The number of fused-ring (bicyclic) bond motifs is 3. The third kappa shape index (κ3) is 1.63. The Hall–Kier alpha value is -2.29. The Morgan fingerprint density at radius 3 is 2.35 bits per heavy atom. The zero-order chi connectivity index (χ0) is 14.4. The first kappa shape index (κ1) is 12.7. The smallest absolute Gasteiger partial charge is 0.150 e. The molecule has 0 amide bonds. The summed E-state index contributed by atoms with van der Waals surface area (Å²) in [6, 6.07) is 5.05. The molecule has 1 aliphatic carbocycles. The molecule has 2 N–H and O–H groups in total. The Bertz CT molecular complexity index is 730. The fourth-order valence-corrected chi connectivity index (χ4v) is 3.12. The van der Waals surface area contributed by atoms with Gasteiger partial charge >= 0.3 is 0 Å². The lowest BCUT2D eigenvalue weighted by molar-refractivity contribution is 0.112. The summed E-state index contributed by atoms with van der Waals surface area (Å²) in [5.41, 5.74) is 6.23. The second-order valence-corrected chi connectivity index (χ2v) is 5.32. The highest BCUT2D eigenvalue weighted by molar-refractivity contribution is 5.93. The fraction of sp³-hybridized carbons (Fsp3) is 0.235. The summed E-state index contributed by atoms with van der Waals surface area (Å²) in [6.07, 6.45) is 2.37. The summed E-state index contributed by atoms with van der Waals surface area (Å²) >= 11 is 0. The van der Waals surface area contributed by atoms with Crippen molar-refractivity contribution in [1.82, 2.24) is 0 Å². The third-order valence-electron chi connectivity index (χ3n) is 4.31. The monoisotopic (exact) mass is 268 g/mol. The largest absolute Gasteiger partial charge is 0.508 e. The van der Waals surface area contributed by atoms with E-state index in [0.29, 0.717) is 5.56 Å². The van der Waals surface area contributed by atoms with Crippen LogP contribution < -0.4 is 0 Å². The lowest BCUT2D eigenvalue weighted by Crippen LogP contribution is -2.10. The molecule has 2 aromatic carbocycles. The molecule has 1 aliphatic rings. The topological polar surface area (TPSA) is 57.5 Å². The molecular weight excluding hydrogens is 252 g/mol. The van der Waals surface area contributed by atoms with Crippen molar-refractivity contribution in [3.05, 3.63) is 46.0 Å². The minimum Gasteiger partial charge on any atom is -0.508 e. The van der Waals surface area contributed by atoms with Crippen LogP contribution in [0.2, 0.25) is 0 Å². The Morgan fingerprint density at radius 2 is 1.65 bits per heavy atom. The number of rotatable bonds is 1. The average Bonchev–Trinajstić information content (AvgIpc) is 2.46. The van der Waals surface area contributed by atoms with E-state index in [4.69, 9.17) is 0 Å². The highest BCUT2D eigenvalue weighted by Gasteiger charge is 2.24. The van der Waals surface area contributed by atoms with Crippen LogP contribution in [-0.4, -0.2) is 16.5 Å². The van der Waals surface area contributed by atoms with Crippen LogP contribution in [0.4, 0.5) is 0 Å². The number of aldehydes is 1. The van der Waals surface area contributed by atoms with Crippen molar-refractivity contribution in [2.24, 2.45) is 0 Å². The number of phenolic OH excluding ortho intramolecular Hbond substituents is 2. The predicted molar refractivity (Wildman–Crippen MR) is 77.5 cm³/mol. The molecule has 0 heterocycles. The third-order valence-corrected chi connectivity index (χ3v) is 4.31. The van der Waals surface area contributed by atoms with Gasteiger partial charge in [-0.2, -0.15) is 0 Å². The number of carbonyl (C=O) groups excluding carboxylic acids is 1. The molecule has 0 unspecified atom stereocenters. The van der Waals surface area contributed by atoms with Gasteiger partial charge in [0.15, 0.2) is 6.29 Å². The van der Waals surface area contributed by atoms with Crippen LogP contribution in [-0.2, 0) is 12.8 Å². The Morgan fingerprint density at radius 1 is 1.00 bits per heavy atom. The van der Waals surface area contributed by atoms with Gasteiger partial charge in [0.05, 0.1) is 0 Å². The first-order valence-electron chi connectivity index (χ1n) is 6.67. The van der Waals surface area contributed by atoms with Crippen molar-refractivity contribution < 1.29 is 15.0 Å². The van der Waals surface area contributed by atoms with E-state index in [1.807, 2.05) is 19.9 Å². The van der Waals surface area contributed by atoms with E-state index < -0.39 is 0 Å². The van der Waals surface area contributed by atoms with Gasteiger partial charge in [0.2, 0.25) is 0 Å². The summed E-state index contributed by atoms with van der Waals surface area (Å²) < 4.78 is 0. The van der Waals surface area contributed by atoms with E-state index in [9.17, 15) is 15.0 Å². The minimum absolute atomic E-state index is 0.171. The molecule has 0 saturated carbocycles. The summed E-state index contributed by atoms with van der Waals surface area (Å²) in [7, 11) is 0. The minimum atomic E-state index is 0.171. The second kappa shape index (κ2) is 4.37. The highest BCUT2D eigenvalue weighted by Crippen LogP contribution is 2.42. The summed E-state index contributed by atoms with van der Waals surface area (Å²) in [6.45, 7) is 3.77. The molecule has 3 heteroatoms. The lowest BCUT2D eigenvalue weighted by atomic mass is 9.79. The lowest BCUT2D eigenvalue weighted by Gasteiger charge is -2.25. The van der Waals surface area contributed by atoms with Gasteiger partial charge in [-0.15, -0.1) is 0 Å². The van der Waals surface area contributed by atoms with Crippen molar-refractivity contribution in [2.45, 2.75) is 26.7 Å². The molecule has 0 atom stereocenters. The maximum absolute atomic E-state index is 11.3. The van der Waals surface area contributed by atoms with Crippen molar-refractivity contribution in [3.63, 3.8) is 0 Å². The van der Waals surface area contributed by atoms with Crippen LogP contribution in [0.1, 0.15) is 32.6 Å². The van der Waals surface area contributed by atoms with Crippen LogP contribution in [0, 0.1) is 13.8 Å². The van der Waals surface area contributed by atoms with E-state index in [0.717, 1.165) is 52.5 Å². The van der Waals surface area contributed by atoms with Gasteiger partial charge in [0.25, 0.3) is 0 Å². The first-order chi connectivity index (χ1) is 9.54. The second-order valence-electron chi connectivity index (χ2n) is 5.32. The van der Waals surface area contributed by atoms with E-state index in [1.165, 1.54) is 6.07 Å². The molecule has 3 rings (SSSR count). The highest BCUT2D eigenvalue weighted by atomic mass is 16.3. The normalized spacial score (nSPS) is 12.7. The maximum Gasteiger partial charge on any atom is 0.150 e. The van der Waals surface area contributed by atoms with Crippen LogP contribution in [0.5, 0.6) is 11.5 Å². The van der Waals surface area contributed by atoms with E-state index in [2.05, 4.69) is 0 Å². The van der Waals surface area contributed by atoms with E-state index in [1.54, 1.807) is 6.07 Å². The number of hydrogen-bond donors (Lipinski definition) is 2. The molecule has 0 aromatic heterocycles. The molecule has 102 valence electrons. The summed E-state index contributed by atoms with van der Waals surface area (Å²) in [5.74, 6) is 0.458. The van der Waals surface area contributed by atoms with Crippen LogP contribution in [0.25, 0.3) is 11.1 Å². The van der Waals surface area contributed by atoms with Gasteiger partial charge in [-0.3, -0.25) is 4.79 Å². The maximum atomic E-state index is 11.3. The van der Waals surface area contributed by atoms with Gasteiger partial charge < -0.3 is 10.2 Å².